The van der Waals surface area contributed by atoms with Gasteiger partial charge < -0.3 is 10.2 Å². The van der Waals surface area contributed by atoms with Crippen LogP contribution in [0.15, 0.2) is 48.5 Å². The van der Waals surface area contributed by atoms with Gasteiger partial charge in [0.1, 0.15) is 0 Å². The Labute approximate surface area is 128 Å². The molecule has 1 N–H and O–H groups in total. The summed E-state index contributed by atoms with van der Waals surface area (Å²) in [4.78, 5) is 2.11. The van der Waals surface area contributed by atoms with E-state index in [0.29, 0.717) is 6.04 Å². The molecule has 0 aliphatic rings. The van der Waals surface area contributed by atoms with Crippen LogP contribution in [0.25, 0.3) is 0 Å². The number of nitrogens with one attached hydrogen (secondary N) is 1. The predicted molar refractivity (Wildman–Crippen MR) is 93.2 cm³/mol. The van der Waals surface area contributed by atoms with Gasteiger partial charge in [0, 0.05) is 31.5 Å². The summed E-state index contributed by atoms with van der Waals surface area (Å²) < 4.78 is 0. The van der Waals surface area contributed by atoms with E-state index in [0.717, 1.165) is 12.1 Å². The van der Waals surface area contributed by atoms with Crippen molar-refractivity contribution in [3.63, 3.8) is 0 Å². The van der Waals surface area contributed by atoms with E-state index in [1.54, 1.807) is 0 Å². The van der Waals surface area contributed by atoms with E-state index in [9.17, 15) is 0 Å². The Balaban J connectivity index is 2.01. The molecule has 21 heavy (non-hydrogen) atoms. The second-order valence-electron chi connectivity index (χ2n) is 5.80. The van der Waals surface area contributed by atoms with Crippen molar-refractivity contribution in [2.24, 2.45) is 0 Å². The fraction of sp³-hybridized carbons (Fsp3) is 0.368. The van der Waals surface area contributed by atoms with Crippen LogP contribution in [0.2, 0.25) is 0 Å². The molecule has 2 rings (SSSR count). The molecule has 2 nitrogen and oxygen atoms in total. The third-order valence-corrected chi connectivity index (χ3v) is 3.79. The maximum atomic E-state index is 3.56. The largest absolute Gasteiger partial charge is 0.379 e. The predicted octanol–water partition coefficient (Wildman–Crippen LogP) is 4.88. The number of hydrogen-bond acceptors (Lipinski definition) is 2. The minimum absolute atomic E-state index is 0.311. The van der Waals surface area contributed by atoms with Gasteiger partial charge in [0.25, 0.3) is 0 Å². The highest BCUT2D eigenvalue weighted by molar-refractivity contribution is 5.55. The molecule has 0 heterocycles. The van der Waals surface area contributed by atoms with Crippen LogP contribution in [0.1, 0.15) is 37.4 Å². The molecular formula is C19H26N2. The van der Waals surface area contributed by atoms with E-state index in [1.165, 1.54) is 23.2 Å². The zero-order valence-electron chi connectivity index (χ0n) is 13.6. The fourth-order valence-corrected chi connectivity index (χ4v) is 2.45. The molecular weight excluding hydrogens is 256 g/mol. The van der Waals surface area contributed by atoms with Gasteiger partial charge >= 0.3 is 0 Å². The molecule has 2 aromatic carbocycles. The first-order chi connectivity index (χ1) is 10.1. The van der Waals surface area contributed by atoms with Gasteiger partial charge in [-0.05, 0) is 48.7 Å². The van der Waals surface area contributed by atoms with E-state index < -0.39 is 0 Å². The van der Waals surface area contributed by atoms with Gasteiger partial charge in [-0.15, -0.1) is 0 Å². The number of nitrogens with zero attached hydrogens (tertiary/aromatic N) is 1. The van der Waals surface area contributed by atoms with Crippen molar-refractivity contribution in [3.8, 4) is 0 Å². The van der Waals surface area contributed by atoms with E-state index >= 15 is 0 Å². The van der Waals surface area contributed by atoms with Crippen LogP contribution in [-0.4, -0.2) is 14.1 Å². The maximum absolute atomic E-state index is 3.56. The molecule has 0 saturated carbocycles. The second kappa shape index (κ2) is 7.16. The lowest BCUT2D eigenvalue weighted by atomic mass is 10.0. The molecule has 0 fully saturated rings. The minimum atomic E-state index is 0.311. The van der Waals surface area contributed by atoms with Crippen LogP contribution >= 0.6 is 0 Å². The smallest absolute Gasteiger partial charge is 0.0485 e. The lowest BCUT2D eigenvalue weighted by Gasteiger charge is -2.18. The first kappa shape index (κ1) is 15.4. The molecule has 1 unspecified atom stereocenters. The lowest BCUT2D eigenvalue weighted by molar-refractivity contribution is 0.876. The number of anilines is 2. The van der Waals surface area contributed by atoms with Crippen LogP contribution in [0.3, 0.4) is 0 Å². The number of benzene rings is 2. The summed E-state index contributed by atoms with van der Waals surface area (Å²) in [5.74, 6) is 0. The van der Waals surface area contributed by atoms with Crippen molar-refractivity contribution in [1.29, 1.82) is 0 Å². The molecule has 0 saturated heterocycles. The second-order valence-corrected chi connectivity index (χ2v) is 5.80. The van der Waals surface area contributed by atoms with E-state index in [1.807, 2.05) is 0 Å². The highest BCUT2D eigenvalue weighted by Gasteiger charge is 2.05. The summed E-state index contributed by atoms with van der Waals surface area (Å²) in [5, 5.41) is 3.56. The summed E-state index contributed by atoms with van der Waals surface area (Å²) in [7, 11) is 4.12. The first-order valence-corrected chi connectivity index (χ1v) is 7.73. The Kier molecular flexibility index (Phi) is 5.26. The number of hydrogen-bond donors (Lipinski definition) is 1. The third kappa shape index (κ3) is 4.25. The maximum Gasteiger partial charge on any atom is 0.0485 e. The van der Waals surface area contributed by atoms with Gasteiger partial charge in [-0.2, -0.15) is 0 Å². The van der Waals surface area contributed by atoms with Crippen molar-refractivity contribution in [2.45, 2.75) is 32.7 Å². The Morgan fingerprint density at radius 3 is 2.10 bits per heavy atom. The minimum Gasteiger partial charge on any atom is -0.379 e. The molecule has 0 spiro atoms. The summed E-state index contributed by atoms with van der Waals surface area (Å²) in [5.41, 5.74) is 5.12. The Morgan fingerprint density at radius 2 is 1.57 bits per heavy atom. The van der Waals surface area contributed by atoms with Gasteiger partial charge in [-0.25, -0.2) is 0 Å². The highest BCUT2D eigenvalue weighted by Crippen LogP contribution is 2.22. The molecule has 112 valence electrons. The summed E-state index contributed by atoms with van der Waals surface area (Å²) in [6, 6.07) is 17.8. The first-order valence-electron chi connectivity index (χ1n) is 7.73. The average molecular weight is 282 g/mol. The van der Waals surface area contributed by atoms with Crippen molar-refractivity contribution in [2.75, 3.05) is 24.3 Å². The molecule has 0 aliphatic heterocycles. The van der Waals surface area contributed by atoms with Gasteiger partial charge in [-0.3, -0.25) is 0 Å². The van der Waals surface area contributed by atoms with Gasteiger partial charge in [0.2, 0.25) is 0 Å². The van der Waals surface area contributed by atoms with Crippen LogP contribution in [0.4, 0.5) is 11.4 Å². The molecule has 2 aromatic rings. The van der Waals surface area contributed by atoms with Crippen molar-refractivity contribution < 1.29 is 0 Å². The average Bonchev–Trinajstić information content (AvgIpc) is 2.49. The van der Waals surface area contributed by atoms with Crippen molar-refractivity contribution in [3.05, 3.63) is 59.7 Å². The molecule has 0 radical (unpaired) electrons. The van der Waals surface area contributed by atoms with Crippen molar-refractivity contribution >= 4 is 11.4 Å². The molecule has 2 heteroatoms. The topological polar surface area (TPSA) is 15.3 Å². The quantitative estimate of drug-likeness (QED) is 0.812. The number of rotatable bonds is 6. The zero-order chi connectivity index (χ0) is 15.2. The van der Waals surface area contributed by atoms with Gasteiger partial charge in [0.15, 0.2) is 0 Å². The van der Waals surface area contributed by atoms with E-state index in [2.05, 4.69) is 86.7 Å². The van der Waals surface area contributed by atoms with Gasteiger partial charge in [-0.1, -0.05) is 37.6 Å². The number of aryl methyl sites for hydroxylation is 1. The summed E-state index contributed by atoms with van der Waals surface area (Å²) in [6.07, 6.45) is 2.36. The summed E-state index contributed by atoms with van der Waals surface area (Å²) in [6.45, 7) is 4.42. The van der Waals surface area contributed by atoms with Crippen molar-refractivity contribution in [1.82, 2.24) is 0 Å². The Morgan fingerprint density at radius 1 is 0.952 bits per heavy atom. The van der Waals surface area contributed by atoms with Crippen LogP contribution in [-0.2, 0) is 6.42 Å². The fourth-order valence-electron chi connectivity index (χ4n) is 2.45. The highest BCUT2D eigenvalue weighted by atomic mass is 15.1. The summed E-state index contributed by atoms with van der Waals surface area (Å²) >= 11 is 0. The van der Waals surface area contributed by atoms with Gasteiger partial charge in [0.05, 0.1) is 0 Å². The standard InChI is InChI=1S/C19H26N2/c1-5-6-16-7-9-17(10-8-16)15(2)20-18-11-13-19(14-12-18)21(3)4/h7-15,20H,5-6H2,1-4H3. The van der Waals surface area contributed by atoms with Crippen LogP contribution in [0.5, 0.6) is 0 Å². The molecule has 1 atom stereocenters. The Hall–Kier alpha value is -1.96. The normalized spacial score (nSPS) is 12.0. The van der Waals surface area contributed by atoms with Crippen LogP contribution in [0, 0.1) is 0 Å². The Bertz CT molecular complexity index is 541. The zero-order valence-corrected chi connectivity index (χ0v) is 13.6. The molecule has 0 aliphatic carbocycles. The third-order valence-electron chi connectivity index (χ3n) is 3.79. The lowest BCUT2D eigenvalue weighted by Crippen LogP contribution is -2.09. The van der Waals surface area contributed by atoms with E-state index in [-0.39, 0.29) is 0 Å². The van der Waals surface area contributed by atoms with E-state index in [4.69, 9.17) is 0 Å². The molecule has 0 bridgehead atoms. The molecule has 0 amide bonds. The van der Waals surface area contributed by atoms with Crippen LogP contribution < -0.4 is 10.2 Å². The monoisotopic (exact) mass is 282 g/mol. The SMILES string of the molecule is CCCc1ccc(C(C)Nc2ccc(N(C)C)cc2)cc1. The molecule has 0 aromatic heterocycles.